The molecule has 108 valence electrons. The molecule has 0 atom stereocenters. The fraction of sp³-hybridized carbons (Fsp3) is 0.538. The highest BCUT2D eigenvalue weighted by molar-refractivity contribution is 7.89. The normalized spacial score (nSPS) is 12.8. The SMILES string of the molecule is CC(C)Oc1ccc(S(=O)(=O)NC(C)(C)C)cc1Cl. The first-order chi connectivity index (χ1) is 8.51. The van der Waals surface area contributed by atoms with Crippen LogP contribution in [0.15, 0.2) is 23.1 Å². The average molecular weight is 306 g/mol. The summed E-state index contributed by atoms with van der Waals surface area (Å²) in [4.78, 5) is 0.128. The maximum atomic E-state index is 12.1. The Morgan fingerprint density at radius 3 is 2.26 bits per heavy atom. The van der Waals surface area contributed by atoms with Gasteiger partial charge in [-0.15, -0.1) is 0 Å². The summed E-state index contributed by atoms with van der Waals surface area (Å²) >= 11 is 6.03. The molecule has 1 aromatic rings. The number of benzene rings is 1. The van der Waals surface area contributed by atoms with Gasteiger partial charge in [-0.1, -0.05) is 11.6 Å². The topological polar surface area (TPSA) is 55.4 Å². The van der Waals surface area contributed by atoms with Gasteiger partial charge in [0.1, 0.15) is 5.75 Å². The molecule has 0 aliphatic rings. The molecule has 0 aliphatic carbocycles. The zero-order valence-corrected chi connectivity index (χ0v) is 13.4. The van der Waals surface area contributed by atoms with Crippen LogP contribution in [0.1, 0.15) is 34.6 Å². The molecule has 1 N–H and O–H groups in total. The van der Waals surface area contributed by atoms with E-state index >= 15 is 0 Å². The van der Waals surface area contributed by atoms with Crippen molar-refractivity contribution in [2.24, 2.45) is 0 Å². The number of hydrogen-bond donors (Lipinski definition) is 1. The van der Waals surface area contributed by atoms with Gasteiger partial charge >= 0.3 is 0 Å². The monoisotopic (exact) mass is 305 g/mol. The predicted molar refractivity (Wildman–Crippen MR) is 77.3 cm³/mol. The zero-order chi connectivity index (χ0) is 14.8. The number of sulfonamides is 1. The smallest absolute Gasteiger partial charge is 0.241 e. The van der Waals surface area contributed by atoms with Crippen LogP contribution in [0.4, 0.5) is 0 Å². The molecule has 0 radical (unpaired) electrons. The van der Waals surface area contributed by atoms with Crippen molar-refractivity contribution in [1.29, 1.82) is 0 Å². The highest BCUT2D eigenvalue weighted by Crippen LogP contribution is 2.28. The lowest BCUT2D eigenvalue weighted by molar-refractivity contribution is 0.242. The van der Waals surface area contributed by atoms with Gasteiger partial charge in [0.05, 0.1) is 16.0 Å². The fourth-order valence-corrected chi connectivity index (χ4v) is 3.19. The standard InChI is InChI=1S/C13H20ClNO3S/c1-9(2)18-12-7-6-10(8-11(12)14)19(16,17)15-13(3,4)5/h6-9,15H,1-5H3. The molecule has 6 heteroatoms. The summed E-state index contributed by atoms with van der Waals surface area (Å²) in [5.41, 5.74) is -0.543. The van der Waals surface area contributed by atoms with Gasteiger partial charge in [0.15, 0.2) is 0 Å². The lowest BCUT2D eigenvalue weighted by Crippen LogP contribution is -2.40. The van der Waals surface area contributed by atoms with Crippen LogP contribution < -0.4 is 9.46 Å². The van der Waals surface area contributed by atoms with Gasteiger partial charge in [-0.25, -0.2) is 13.1 Å². The van der Waals surface area contributed by atoms with E-state index in [0.29, 0.717) is 5.75 Å². The van der Waals surface area contributed by atoms with Crippen LogP contribution in [0.3, 0.4) is 0 Å². The van der Waals surface area contributed by atoms with E-state index in [0.717, 1.165) is 0 Å². The van der Waals surface area contributed by atoms with E-state index in [1.807, 2.05) is 13.8 Å². The highest BCUT2D eigenvalue weighted by Gasteiger charge is 2.22. The number of halogens is 1. The fourth-order valence-electron chi connectivity index (χ4n) is 1.46. The maximum Gasteiger partial charge on any atom is 0.241 e. The van der Waals surface area contributed by atoms with E-state index in [9.17, 15) is 8.42 Å². The van der Waals surface area contributed by atoms with Gasteiger partial charge in [-0.2, -0.15) is 0 Å². The van der Waals surface area contributed by atoms with Crippen LogP contribution >= 0.6 is 11.6 Å². The molecule has 4 nitrogen and oxygen atoms in total. The molecular weight excluding hydrogens is 286 g/mol. The van der Waals surface area contributed by atoms with Crippen molar-refractivity contribution in [3.63, 3.8) is 0 Å². The Labute approximate surface area is 120 Å². The summed E-state index contributed by atoms with van der Waals surface area (Å²) in [5.74, 6) is 0.478. The predicted octanol–water partition coefficient (Wildman–Crippen LogP) is 3.20. The summed E-state index contributed by atoms with van der Waals surface area (Å²) in [7, 11) is -3.58. The molecule has 0 heterocycles. The average Bonchev–Trinajstić information content (AvgIpc) is 2.16. The van der Waals surface area contributed by atoms with Crippen LogP contribution in [-0.4, -0.2) is 20.1 Å². The second-order valence-electron chi connectivity index (χ2n) is 5.61. The molecule has 1 aromatic carbocycles. The second kappa shape index (κ2) is 5.69. The van der Waals surface area contributed by atoms with Crippen molar-refractivity contribution in [3.05, 3.63) is 23.2 Å². The van der Waals surface area contributed by atoms with Crippen molar-refractivity contribution in [3.8, 4) is 5.75 Å². The minimum atomic E-state index is -3.58. The van der Waals surface area contributed by atoms with E-state index in [1.54, 1.807) is 26.8 Å². The molecule has 0 amide bonds. The van der Waals surface area contributed by atoms with Gasteiger partial charge < -0.3 is 4.74 Å². The van der Waals surface area contributed by atoms with Crippen LogP contribution in [0, 0.1) is 0 Å². The minimum Gasteiger partial charge on any atom is -0.489 e. The molecule has 0 aliphatic heterocycles. The summed E-state index contributed by atoms with van der Waals surface area (Å²) < 4.78 is 32.3. The summed E-state index contributed by atoms with van der Waals surface area (Å²) in [5, 5.41) is 0.283. The Hall–Kier alpha value is -0.780. The first-order valence-corrected chi connectivity index (χ1v) is 7.87. The van der Waals surface area contributed by atoms with Crippen LogP contribution in [0.25, 0.3) is 0 Å². The van der Waals surface area contributed by atoms with Crippen molar-refractivity contribution < 1.29 is 13.2 Å². The molecular formula is C13H20ClNO3S. The molecule has 0 fully saturated rings. The van der Waals surface area contributed by atoms with E-state index in [4.69, 9.17) is 16.3 Å². The molecule has 0 unspecified atom stereocenters. The number of nitrogens with one attached hydrogen (secondary N) is 1. The zero-order valence-electron chi connectivity index (χ0n) is 11.8. The Kier molecular flexibility index (Phi) is 4.87. The van der Waals surface area contributed by atoms with E-state index in [2.05, 4.69) is 4.72 Å². The Morgan fingerprint density at radius 1 is 1.26 bits per heavy atom. The number of ether oxygens (including phenoxy) is 1. The van der Waals surface area contributed by atoms with Crippen molar-refractivity contribution in [2.75, 3.05) is 0 Å². The molecule has 0 bridgehead atoms. The van der Waals surface area contributed by atoms with Gasteiger partial charge in [0.25, 0.3) is 0 Å². The van der Waals surface area contributed by atoms with Crippen molar-refractivity contribution in [2.45, 2.75) is 51.2 Å². The molecule has 0 spiro atoms. The van der Waals surface area contributed by atoms with Crippen molar-refractivity contribution >= 4 is 21.6 Å². The van der Waals surface area contributed by atoms with Gasteiger partial charge in [-0.05, 0) is 52.8 Å². The first kappa shape index (κ1) is 16.3. The largest absolute Gasteiger partial charge is 0.489 e. The second-order valence-corrected chi connectivity index (χ2v) is 7.70. The van der Waals surface area contributed by atoms with Crippen LogP contribution in [0.5, 0.6) is 5.75 Å². The molecule has 1 rings (SSSR count). The lowest BCUT2D eigenvalue weighted by atomic mass is 10.1. The Balaban J connectivity index is 3.07. The lowest BCUT2D eigenvalue weighted by Gasteiger charge is -2.20. The van der Waals surface area contributed by atoms with Gasteiger partial charge in [0.2, 0.25) is 10.0 Å². The Morgan fingerprint density at radius 2 is 1.84 bits per heavy atom. The summed E-state index contributed by atoms with van der Waals surface area (Å²) in [6.07, 6.45) is -0.0207. The highest BCUT2D eigenvalue weighted by atomic mass is 35.5. The Bertz CT molecular complexity index is 547. The molecule has 0 saturated heterocycles. The van der Waals surface area contributed by atoms with E-state index in [1.165, 1.54) is 12.1 Å². The van der Waals surface area contributed by atoms with Gasteiger partial charge in [0, 0.05) is 5.54 Å². The van der Waals surface area contributed by atoms with Gasteiger partial charge in [-0.3, -0.25) is 0 Å². The third kappa shape index (κ3) is 5.01. The molecule has 0 saturated carbocycles. The molecule has 0 aromatic heterocycles. The van der Waals surface area contributed by atoms with Crippen LogP contribution in [0.2, 0.25) is 5.02 Å². The first-order valence-electron chi connectivity index (χ1n) is 6.01. The maximum absolute atomic E-state index is 12.1. The van der Waals surface area contributed by atoms with E-state index < -0.39 is 15.6 Å². The minimum absolute atomic E-state index is 0.0207. The third-order valence-corrected chi connectivity index (χ3v) is 4.07. The number of hydrogen-bond acceptors (Lipinski definition) is 3. The van der Waals surface area contributed by atoms with Crippen LogP contribution in [-0.2, 0) is 10.0 Å². The van der Waals surface area contributed by atoms with E-state index in [-0.39, 0.29) is 16.0 Å². The molecule has 19 heavy (non-hydrogen) atoms. The third-order valence-electron chi connectivity index (χ3n) is 2.02. The summed E-state index contributed by atoms with van der Waals surface area (Å²) in [6.45, 7) is 9.09. The quantitative estimate of drug-likeness (QED) is 0.929. The summed E-state index contributed by atoms with van der Waals surface area (Å²) in [6, 6.07) is 4.45. The number of rotatable bonds is 4. The van der Waals surface area contributed by atoms with Crippen molar-refractivity contribution in [1.82, 2.24) is 4.72 Å².